The molecule has 1 aliphatic heterocycles. The summed E-state index contributed by atoms with van der Waals surface area (Å²) in [5, 5.41) is 12.2. The molecule has 0 fully saturated rings. The molecule has 92 valence electrons. The van der Waals surface area contributed by atoms with E-state index in [2.05, 4.69) is 15.7 Å². The van der Waals surface area contributed by atoms with Crippen LogP contribution in [0.5, 0.6) is 0 Å². The standard InChI is InChI=1S/C12H15BN4O/c1-14-10-2-3-12(11(6-10)15-4-5-18)17-8-9(13)7-16-17/h2-3,5-7,9,14-15H,4,8H2,1H3. The Kier molecular flexibility index (Phi) is 3.87. The van der Waals surface area contributed by atoms with Gasteiger partial charge in [0, 0.05) is 25.5 Å². The van der Waals surface area contributed by atoms with Crippen LogP contribution >= 0.6 is 0 Å². The molecule has 1 aromatic carbocycles. The summed E-state index contributed by atoms with van der Waals surface area (Å²) in [4.78, 5) is 10.5. The molecule has 0 spiro atoms. The predicted molar refractivity (Wildman–Crippen MR) is 75.9 cm³/mol. The summed E-state index contributed by atoms with van der Waals surface area (Å²) >= 11 is 0. The molecule has 2 rings (SSSR count). The monoisotopic (exact) mass is 242 g/mol. The molecule has 1 atom stereocenters. The molecule has 6 heteroatoms. The van der Waals surface area contributed by atoms with E-state index in [0.29, 0.717) is 6.54 Å². The summed E-state index contributed by atoms with van der Waals surface area (Å²) in [6, 6.07) is 5.85. The third kappa shape index (κ3) is 2.64. The molecular formula is C12H15BN4O. The van der Waals surface area contributed by atoms with E-state index >= 15 is 0 Å². The zero-order valence-corrected chi connectivity index (χ0v) is 10.3. The number of nitrogens with one attached hydrogen (secondary N) is 2. The number of anilines is 3. The highest BCUT2D eigenvalue weighted by Gasteiger charge is 2.17. The summed E-state index contributed by atoms with van der Waals surface area (Å²) < 4.78 is 0. The van der Waals surface area contributed by atoms with Crippen molar-refractivity contribution in [3.8, 4) is 0 Å². The van der Waals surface area contributed by atoms with Gasteiger partial charge in [-0.25, -0.2) is 0 Å². The van der Waals surface area contributed by atoms with Crippen LogP contribution in [0.15, 0.2) is 23.3 Å². The first kappa shape index (κ1) is 12.5. The minimum Gasteiger partial charge on any atom is -0.388 e. The van der Waals surface area contributed by atoms with Crippen LogP contribution in [-0.2, 0) is 4.79 Å². The molecule has 5 nitrogen and oxygen atoms in total. The van der Waals surface area contributed by atoms with E-state index in [9.17, 15) is 4.79 Å². The van der Waals surface area contributed by atoms with E-state index in [1.807, 2.05) is 30.3 Å². The molecule has 1 unspecified atom stereocenters. The van der Waals surface area contributed by atoms with Crippen LogP contribution in [0.4, 0.5) is 17.1 Å². The van der Waals surface area contributed by atoms with Gasteiger partial charge in [0.25, 0.3) is 0 Å². The van der Waals surface area contributed by atoms with Crippen molar-refractivity contribution in [1.29, 1.82) is 0 Å². The Morgan fingerprint density at radius 2 is 2.44 bits per heavy atom. The Labute approximate surface area is 108 Å². The minimum atomic E-state index is -0.0482. The van der Waals surface area contributed by atoms with Gasteiger partial charge in [-0.15, -0.1) is 0 Å². The fourth-order valence-corrected chi connectivity index (χ4v) is 1.83. The molecule has 0 saturated heterocycles. The Hall–Kier alpha value is -1.98. The molecule has 0 aliphatic carbocycles. The lowest BCUT2D eigenvalue weighted by molar-refractivity contribution is -0.106. The Bertz CT molecular complexity index is 463. The van der Waals surface area contributed by atoms with Gasteiger partial charge >= 0.3 is 0 Å². The van der Waals surface area contributed by atoms with Crippen molar-refractivity contribution in [1.82, 2.24) is 0 Å². The summed E-state index contributed by atoms with van der Waals surface area (Å²) in [7, 11) is 7.64. The molecule has 0 aromatic heterocycles. The van der Waals surface area contributed by atoms with Gasteiger partial charge in [0.15, 0.2) is 0 Å². The second-order valence-corrected chi connectivity index (χ2v) is 4.04. The Morgan fingerprint density at radius 3 is 3.06 bits per heavy atom. The third-order valence-electron chi connectivity index (χ3n) is 2.72. The van der Waals surface area contributed by atoms with Crippen molar-refractivity contribution >= 4 is 37.4 Å². The molecule has 1 heterocycles. The molecule has 1 aromatic rings. The summed E-state index contributed by atoms with van der Waals surface area (Å²) in [5.74, 6) is -0.0482. The van der Waals surface area contributed by atoms with Crippen molar-refractivity contribution < 1.29 is 4.79 Å². The van der Waals surface area contributed by atoms with Crippen LogP contribution < -0.4 is 15.6 Å². The van der Waals surface area contributed by atoms with Crippen molar-refractivity contribution in [2.24, 2.45) is 5.10 Å². The molecule has 2 radical (unpaired) electrons. The number of carbonyl (C=O) groups excluding carboxylic acids is 1. The summed E-state index contributed by atoms with van der Waals surface area (Å²) in [6.45, 7) is 0.915. The smallest absolute Gasteiger partial charge is 0.139 e. The number of hydrogen-bond acceptors (Lipinski definition) is 5. The maximum atomic E-state index is 10.5. The van der Waals surface area contributed by atoms with E-state index in [-0.39, 0.29) is 12.4 Å². The summed E-state index contributed by atoms with van der Waals surface area (Å²) in [5.41, 5.74) is 2.75. The van der Waals surface area contributed by atoms with E-state index in [1.165, 1.54) is 0 Å². The van der Waals surface area contributed by atoms with Crippen LogP contribution in [0, 0.1) is 0 Å². The van der Waals surface area contributed by atoms with Crippen LogP contribution in [0.25, 0.3) is 0 Å². The zero-order chi connectivity index (χ0) is 13.0. The number of hydrazone groups is 1. The number of benzene rings is 1. The van der Waals surface area contributed by atoms with E-state index in [1.54, 1.807) is 6.21 Å². The van der Waals surface area contributed by atoms with Gasteiger partial charge in [-0.05, 0) is 24.0 Å². The molecule has 1 aliphatic rings. The van der Waals surface area contributed by atoms with Crippen LogP contribution in [0.1, 0.15) is 0 Å². The van der Waals surface area contributed by atoms with Crippen LogP contribution in [0.2, 0.25) is 5.82 Å². The molecular weight excluding hydrogens is 227 g/mol. The van der Waals surface area contributed by atoms with Gasteiger partial charge in [0.05, 0.1) is 25.8 Å². The lowest BCUT2D eigenvalue weighted by Gasteiger charge is -2.20. The highest BCUT2D eigenvalue weighted by atomic mass is 16.1. The topological polar surface area (TPSA) is 56.7 Å². The first-order valence-corrected chi connectivity index (χ1v) is 5.81. The zero-order valence-electron chi connectivity index (χ0n) is 10.3. The van der Waals surface area contributed by atoms with Crippen LogP contribution in [0.3, 0.4) is 0 Å². The van der Waals surface area contributed by atoms with E-state index in [0.717, 1.165) is 23.3 Å². The highest BCUT2D eigenvalue weighted by molar-refractivity contribution is 6.21. The Morgan fingerprint density at radius 1 is 1.61 bits per heavy atom. The van der Waals surface area contributed by atoms with Crippen molar-refractivity contribution in [2.45, 2.75) is 5.82 Å². The Balaban J connectivity index is 2.27. The quantitative estimate of drug-likeness (QED) is 0.599. The maximum Gasteiger partial charge on any atom is 0.139 e. The molecule has 0 amide bonds. The first-order chi connectivity index (χ1) is 8.74. The SMILES string of the molecule is [B]C1C=NN(c2ccc(NC)cc2NCC=O)C1. The molecule has 2 N–H and O–H groups in total. The first-order valence-electron chi connectivity index (χ1n) is 5.81. The average Bonchev–Trinajstić information content (AvgIpc) is 2.82. The van der Waals surface area contributed by atoms with Gasteiger partial charge in [-0.1, -0.05) is 0 Å². The van der Waals surface area contributed by atoms with Crippen molar-refractivity contribution in [2.75, 3.05) is 35.8 Å². The van der Waals surface area contributed by atoms with Gasteiger partial charge in [-0.3, -0.25) is 5.01 Å². The largest absolute Gasteiger partial charge is 0.388 e. The average molecular weight is 242 g/mol. The maximum absolute atomic E-state index is 10.5. The van der Waals surface area contributed by atoms with Gasteiger partial charge in [0.2, 0.25) is 0 Å². The predicted octanol–water partition coefficient (Wildman–Crippen LogP) is 1.10. The third-order valence-corrected chi connectivity index (χ3v) is 2.72. The molecule has 0 saturated carbocycles. The number of carbonyl (C=O) groups is 1. The van der Waals surface area contributed by atoms with Gasteiger partial charge in [0.1, 0.15) is 6.29 Å². The number of rotatable bonds is 5. The fourth-order valence-electron chi connectivity index (χ4n) is 1.83. The lowest BCUT2D eigenvalue weighted by atomic mass is 9.89. The van der Waals surface area contributed by atoms with Crippen molar-refractivity contribution in [3.05, 3.63) is 18.2 Å². The summed E-state index contributed by atoms with van der Waals surface area (Å²) in [6.07, 6.45) is 2.55. The number of aldehydes is 1. The number of hydrogen-bond donors (Lipinski definition) is 2. The normalized spacial score (nSPS) is 17.8. The van der Waals surface area contributed by atoms with Gasteiger partial charge < -0.3 is 15.4 Å². The number of nitrogens with zero attached hydrogens (tertiary/aromatic N) is 2. The fraction of sp³-hybridized carbons (Fsp3) is 0.333. The second-order valence-electron chi connectivity index (χ2n) is 4.04. The minimum absolute atomic E-state index is 0.0482. The molecule has 18 heavy (non-hydrogen) atoms. The van der Waals surface area contributed by atoms with Crippen molar-refractivity contribution in [3.63, 3.8) is 0 Å². The lowest BCUT2D eigenvalue weighted by Crippen LogP contribution is -2.17. The van der Waals surface area contributed by atoms with E-state index in [4.69, 9.17) is 7.85 Å². The van der Waals surface area contributed by atoms with E-state index < -0.39 is 0 Å². The van der Waals surface area contributed by atoms with Crippen LogP contribution in [-0.4, -0.2) is 40.5 Å². The van der Waals surface area contributed by atoms with Gasteiger partial charge in [-0.2, -0.15) is 5.10 Å². The highest BCUT2D eigenvalue weighted by Crippen LogP contribution is 2.31. The second kappa shape index (κ2) is 5.57. The molecule has 0 bridgehead atoms.